The van der Waals surface area contributed by atoms with E-state index in [1.165, 1.54) is 12.1 Å². The highest BCUT2D eigenvalue weighted by atomic mass is 35.5. The van der Waals surface area contributed by atoms with Gasteiger partial charge in [0.05, 0.1) is 12.5 Å². The van der Waals surface area contributed by atoms with Gasteiger partial charge in [0, 0.05) is 13.1 Å². The molecule has 1 saturated heterocycles. The number of carbonyl (C=O) groups is 1. The topological polar surface area (TPSA) is 49.8 Å². The molecule has 1 unspecified atom stereocenters. The van der Waals surface area contributed by atoms with Crippen LogP contribution in [0.25, 0.3) is 0 Å². The first-order valence-corrected chi connectivity index (χ1v) is 6.98. The van der Waals surface area contributed by atoms with Crippen LogP contribution in [0.2, 0.25) is 0 Å². The maximum atomic E-state index is 12.7. The molecule has 1 fully saturated rings. The number of halogens is 2. The summed E-state index contributed by atoms with van der Waals surface area (Å²) >= 11 is 0. The van der Waals surface area contributed by atoms with Crippen LogP contribution in [0, 0.1) is 11.7 Å². The Bertz CT molecular complexity index is 441. The van der Waals surface area contributed by atoms with Crippen molar-refractivity contribution in [3.8, 4) is 5.75 Å². The van der Waals surface area contributed by atoms with E-state index in [-0.39, 0.29) is 24.1 Å². The van der Waals surface area contributed by atoms with Gasteiger partial charge in [-0.25, -0.2) is 4.39 Å². The van der Waals surface area contributed by atoms with E-state index in [4.69, 9.17) is 9.84 Å². The SMILES string of the molecule is Cl.O=C(O)C1CCCN(CCCOc2ccc(F)cc2)C1. The van der Waals surface area contributed by atoms with Crippen LogP contribution in [0.3, 0.4) is 0 Å². The number of aliphatic carboxylic acids is 1. The van der Waals surface area contributed by atoms with Gasteiger partial charge in [-0.15, -0.1) is 12.4 Å². The number of hydrogen-bond donors (Lipinski definition) is 1. The maximum Gasteiger partial charge on any atom is 0.307 e. The smallest absolute Gasteiger partial charge is 0.307 e. The molecule has 1 N–H and O–H groups in total. The zero-order chi connectivity index (χ0) is 14.4. The van der Waals surface area contributed by atoms with E-state index in [0.717, 1.165) is 32.4 Å². The van der Waals surface area contributed by atoms with Crippen molar-refractivity contribution in [1.82, 2.24) is 4.90 Å². The molecule has 0 spiro atoms. The van der Waals surface area contributed by atoms with Gasteiger partial charge in [-0.3, -0.25) is 4.79 Å². The van der Waals surface area contributed by atoms with Gasteiger partial charge >= 0.3 is 5.97 Å². The quantitative estimate of drug-likeness (QED) is 0.820. The predicted molar refractivity (Wildman–Crippen MR) is 80.6 cm³/mol. The number of ether oxygens (including phenoxy) is 1. The van der Waals surface area contributed by atoms with E-state index in [1.54, 1.807) is 12.1 Å². The Kier molecular flexibility index (Phi) is 7.47. The lowest BCUT2D eigenvalue weighted by atomic mass is 9.98. The molecule has 1 aromatic rings. The molecule has 4 nitrogen and oxygen atoms in total. The summed E-state index contributed by atoms with van der Waals surface area (Å²) in [5.74, 6) is -0.544. The first-order chi connectivity index (χ1) is 9.65. The monoisotopic (exact) mass is 317 g/mol. The van der Waals surface area contributed by atoms with Gasteiger partial charge in [0.1, 0.15) is 11.6 Å². The number of nitrogens with zero attached hydrogens (tertiary/aromatic N) is 1. The first-order valence-electron chi connectivity index (χ1n) is 6.98. The second-order valence-corrected chi connectivity index (χ2v) is 5.13. The minimum Gasteiger partial charge on any atom is -0.494 e. The van der Waals surface area contributed by atoms with Gasteiger partial charge in [-0.1, -0.05) is 0 Å². The molecule has 1 aromatic carbocycles. The van der Waals surface area contributed by atoms with Crippen molar-refractivity contribution >= 4 is 18.4 Å². The highest BCUT2D eigenvalue weighted by molar-refractivity contribution is 5.85. The molecule has 0 amide bonds. The highest BCUT2D eigenvalue weighted by Gasteiger charge is 2.24. The van der Waals surface area contributed by atoms with Crippen molar-refractivity contribution in [3.63, 3.8) is 0 Å². The third kappa shape index (κ3) is 5.89. The number of carboxylic acids is 1. The summed E-state index contributed by atoms with van der Waals surface area (Å²) < 4.78 is 18.2. The summed E-state index contributed by atoms with van der Waals surface area (Å²) in [7, 11) is 0. The molecule has 0 aromatic heterocycles. The Hall–Kier alpha value is -1.33. The van der Waals surface area contributed by atoms with E-state index in [9.17, 15) is 9.18 Å². The van der Waals surface area contributed by atoms with Crippen LogP contribution in [0.1, 0.15) is 19.3 Å². The van der Waals surface area contributed by atoms with Gasteiger partial charge in [0.25, 0.3) is 0 Å². The molecule has 1 aliphatic heterocycles. The Balaban J connectivity index is 0.00000220. The van der Waals surface area contributed by atoms with Crippen LogP contribution >= 0.6 is 12.4 Å². The molecule has 1 heterocycles. The van der Waals surface area contributed by atoms with Gasteiger partial charge in [-0.2, -0.15) is 0 Å². The van der Waals surface area contributed by atoms with E-state index in [2.05, 4.69) is 4.90 Å². The summed E-state index contributed by atoms with van der Waals surface area (Å²) in [5, 5.41) is 9.02. The van der Waals surface area contributed by atoms with Crippen molar-refractivity contribution in [2.75, 3.05) is 26.2 Å². The molecule has 0 aliphatic carbocycles. The van der Waals surface area contributed by atoms with Crippen LogP contribution in [0.15, 0.2) is 24.3 Å². The Labute approximate surface area is 130 Å². The molecule has 0 saturated carbocycles. The van der Waals surface area contributed by atoms with Gasteiger partial charge in [0.15, 0.2) is 0 Å². The Morgan fingerprint density at radius 3 is 2.76 bits per heavy atom. The second-order valence-electron chi connectivity index (χ2n) is 5.13. The molecule has 1 aliphatic rings. The predicted octanol–water partition coefficient (Wildman–Crippen LogP) is 2.81. The third-order valence-corrected chi connectivity index (χ3v) is 3.56. The van der Waals surface area contributed by atoms with E-state index in [0.29, 0.717) is 18.9 Å². The maximum absolute atomic E-state index is 12.7. The summed E-state index contributed by atoms with van der Waals surface area (Å²) in [4.78, 5) is 13.1. The van der Waals surface area contributed by atoms with Gasteiger partial charge in [-0.05, 0) is 50.1 Å². The summed E-state index contributed by atoms with van der Waals surface area (Å²) in [5.41, 5.74) is 0. The van der Waals surface area contributed by atoms with Crippen LogP contribution in [-0.2, 0) is 4.79 Å². The van der Waals surface area contributed by atoms with Crippen LogP contribution in [-0.4, -0.2) is 42.2 Å². The van der Waals surface area contributed by atoms with Crippen LogP contribution in [0.4, 0.5) is 4.39 Å². The number of benzene rings is 1. The van der Waals surface area contributed by atoms with Crippen molar-refractivity contribution in [3.05, 3.63) is 30.1 Å². The van der Waals surface area contributed by atoms with Gasteiger partial charge in [0.2, 0.25) is 0 Å². The van der Waals surface area contributed by atoms with Crippen molar-refractivity contribution in [2.24, 2.45) is 5.92 Å². The molecule has 21 heavy (non-hydrogen) atoms. The average Bonchev–Trinajstić information content (AvgIpc) is 2.46. The zero-order valence-corrected chi connectivity index (χ0v) is 12.7. The van der Waals surface area contributed by atoms with E-state index < -0.39 is 5.97 Å². The number of hydrogen-bond acceptors (Lipinski definition) is 3. The number of rotatable bonds is 6. The number of piperidine rings is 1. The standard InChI is InChI=1S/C15H20FNO3.ClH/c16-13-4-6-14(7-5-13)20-10-2-9-17-8-1-3-12(11-17)15(18)19;/h4-7,12H,1-3,8-11H2,(H,18,19);1H. The zero-order valence-electron chi connectivity index (χ0n) is 11.8. The second kappa shape index (κ2) is 8.85. The van der Waals surface area contributed by atoms with Crippen molar-refractivity contribution in [2.45, 2.75) is 19.3 Å². The van der Waals surface area contributed by atoms with Crippen LogP contribution < -0.4 is 4.74 Å². The lowest BCUT2D eigenvalue weighted by Gasteiger charge is -2.30. The fourth-order valence-electron chi connectivity index (χ4n) is 2.47. The molecular formula is C15H21ClFNO3. The van der Waals surface area contributed by atoms with Gasteiger partial charge < -0.3 is 14.7 Å². The largest absolute Gasteiger partial charge is 0.494 e. The summed E-state index contributed by atoms with van der Waals surface area (Å²) in [6, 6.07) is 5.96. The molecule has 118 valence electrons. The summed E-state index contributed by atoms with van der Waals surface area (Å²) in [6.45, 7) is 2.98. The third-order valence-electron chi connectivity index (χ3n) is 3.56. The molecule has 0 radical (unpaired) electrons. The van der Waals surface area contributed by atoms with Crippen molar-refractivity contribution < 1.29 is 19.0 Å². The Morgan fingerprint density at radius 2 is 2.10 bits per heavy atom. The molecular weight excluding hydrogens is 297 g/mol. The number of carboxylic acid groups (broad SMARTS) is 1. The van der Waals surface area contributed by atoms with Crippen LogP contribution in [0.5, 0.6) is 5.75 Å². The van der Waals surface area contributed by atoms with E-state index in [1.807, 2.05) is 0 Å². The molecule has 0 bridgehead atoms. The molecule has 2 rings (SSSR count). The lowest BCUT2D eigenvalue weighted by Crippen LogP contribution is -2.39. The lowest BCUT2D eigenvalue weighted by molar-refractivity contribution is -0.143. The average molecular weight is 318 g/mol. The molecule has 1 atom stereocenters. The van der Waals surface area contributed by atoms with Crippen molar-refractivity contribution in [1.29, 1.82) is 0 Å². The first kappa shape index (κ1) is 17.7. The minimum atomic E-state index is -0.697. The Morgan fingerprint density at radius 1 is 1.38 bits per heavy atom. The minimum absolute atomic E-state index is 0. The normalized spacial score (nSPS) is 18.8. The fourth-order valence-corrected chi connectivity index (χ4v) is 2.47. The molecule has 6 heteroatoms. The summed E-state index contributed by atoms with van der Waals surface area (Å²) in [6.07, 6.45) is 2.55. The van der Waals surface area contributed by atoms with E-state index >= 15 is 0 Å². The highest BCUT2D eigenvalue weighted by Crippen LogP contribution is 2.17. The fraction of sp³-hybridized carbons (Fsp3) is 0.533. The number of likely N-dealkylation sites (tertiary alicyclic amines) is 1.